The van der Waals surface area contributed by atoms with Crippen LogP contribution in [0.4, 0.5) is 0 Å². The summed E-state index contributed by atoms with van der Waals surface area (Å²) in [5.74, 6) is -0.218. The van der Waals surface area contributed by atoms with Crippen LogP contribution in [0.15, 0.2) is 0 Å². The van der Waals surface area contributed by atoms with E-state index in [0.717, 1.165) is 25.9 Å². The lowest BCUT2D eigenvalue weighted by Gasteiger charge is -2.37. The lowest BCUT2D eigenvalue weighted by Crippen LogP contribution is -2.46. The van der Waals surface area contributed by atoms with E-state index in [-0.39, 0.29) is 12.4 Å². The van der Waals surface area contributed by atoms with E-state index in [1.54, 1.807) is 0 Å². The Morgan fingerprint density at radius 1 is 1.44 bits per heavy atom. The monoisotopic (exact) mass is 224 g/mol. The number of hydrogen-bond donors (Lipinski definition) is 1. The molecule has 0 aromatic heterocycles. The van der Waals surface area contributed by atoms with Crippen LogP contribution in [0.25, 0.3) is 0 Å². The molecule has 1 fully saturated rings. The van der Waals surface area contributed by atoms with Crippen LogP contribution >= 0.6 is 0 Å². The molecule has 0 radical (unpaired) electrons. The summed E-state index contributed by atoms with van der Waals surface area (Å²) in [4.78, 5) is 11.9. The number of ether oxygens (including phenoxy) is 1. The van der Waals surface area contributed by atoms with E-state index in [1.807, 2.05) is 20.8 Å². The highest BCUT2D eigenvalue weighted by atomic mass is 16.6. The van der Waals surface area contributed by atoms with Crippen LogP contribution in [0.1, 0.15) is 40.0 Å². The molecule has 0 amide bonds. The third-order valence-corrected chi connectivity index (χ3v) is 2.84. The average Bonchev–Trinajstić information content (AvgIpc) is 2.17. The summed E-state index contributed by atoms with van der Waals surface area (Å²) in [5.41, 5.74) is -1.07. The van der Waals surface area contributed by atoms with Gasteiger partial charge in [-0.2, -0.15) is 5.26 Å². The zero-order valence-electron chi connectivity index (χ0n) is 10.3. The lowest BCUT2D eigenvalue weighted by molar-refractivity contribution is -0.171. The van der Waals surface area contributed by atoms with Gasteiger partial charge in [-0.05, 0) is 33.9 Å². The van der Waals surface area contributed by atoms with Crippen molar-refractivity contribution in [1.82, 2.24) is 5.32 Å². The van der Waals surface area contributed by atoms with Crippen molar-refractivity contribution in [1.29, 1.82) is 5.26 Å². The van der Waals surface area contributed by atoms with Crippen LogP contribution < -0.4 is 5.32 Å². The normalized spacial score (nSPS) is 19.9. The van der Waals surface area contributed by atoms with Crippen LogP contribution in [0.5, 0.6) is 0 Å². The second kappa shape index (κ2) is 4.84. The van der Waals surface area contributed by atoms with Gasteiger partial charge in [0.25, 0.3) is 0 Å². The summed E-state index contributed by atoms with van der Waals surface area (Å²) < 4.78 is 5.58. The molecule has 0 aromatic carbocycles. The van der Waals surface area contributed by atoms with Crippen molar-refractivity contribution in [3.63, 3.8) is 0 Å². The van der Waals surface area contributed by atoms with Gasteiger partial charge in [0.05, 0.1) is 17.9 Å². The summed E-state index contributed by atoms with van der Waals surface area (Å²) in [6, 6.07) is 2.13. The molecule has 0 spiro atoms. The topological polar surface area (TPSA) is 62.1 Å². The van der Waals surface area contributed by atoms with Crippen molar-refractivity contribution in [3.8, 4) is 6.07 Å². The molecule has 4 nitrogen and oxygen atoms in total. The Hall–Kier alpha value is -1.08. The van der Waals surface area contributed by atoms with Crippen molar-refractivity contribution in [2.24, 2.45) is 5.41 Å². The van der Waals surface area contributed by atoms with Crippen molar-refractivity contribution >= 4 is 5.97 Å². The molecule has 1 rings (SSSR count). The highest BCUT2D eigenvalue weighted by Crippen LogP contribution is 2.30. The van der Waals surface area contributed by atoms with Crippen LogP contribution in [0, 0.1) is 16.7 Å². The Bertz CT molecular complexity index is 293. The minimum absolute atomic E-state index is 0.218. The van der Waals surface area contributed by atoms with Crippen molar-refractivity contribution in [2.75, 3.05) is 13.1 Å². The Kier molecular flexibility index (Phi) is 3.93. The summed E-state index contributed by atoms with van der Waals surface area (Å²) in [5, 5.41) is 12.0. The number of carbonyl (C=O) groups is 1. The lowest BCUT2D eigenvalue weighted by atomic mass is 9.88. The Balaban J connectivity index is 2.72. The van der Waals surface area contributed by atoms with Gasteiger partial charge in [0, 0.05) is 12.8 Å². The summed E-state index contributed by atoms with van der Waals surface area (Å²) in [7, 11) is 0. The van der Waals surface area contributed by atoms with E-state index in [2.05, 4.69) is 11.4 Å². The zero-order chi connectivity index (χ0) is 12.2. The minimum Gasteiger partial charge on any atom is -0.457 e. The third kappa shape index (κ3) is 3.21. The molecule has 90 valence electrons. The Labute approximate surface area is 97.0 Å². The quantitative estimate of drug-likeness (QED) is 0.724. The Morgan fingerprint density at radius 3 is 2.44 bits per heavy atom. The first-order chi connectivity index (χ1) is 7.40. The van der Waals surface area contributed by atoms with Crippen molar-refractivity contribution < 1.29 is 9.53 Å². The van der Waals surface area contributed by atoms with Gasteiger partial charge in [0.15, 0.2) is 0 Å². The minimum atomic E-state index is -0.565. The SMILES string of the molecule is CC(C)(C)C(=O)OC1(CC#N)CCNCC1. The van der Waals surface area contributed by atoms with E-state index in [9.17, 15) is 4.79 Å². The maximum atomic E-state index is 11.9. The van der Waals surface area contributed by atoms with Gasteiger partial charge in [0.1, 0.15) is 5.60 Å². The third-order valence-electron chi connectivity index (χ3n) is 2.84. The van der Waals surface area contributed by atoms with E-state index in [0.29, 0.717) is 0 Å². The number of hydrogen-bond acceptors (Lipinski definition) is 4. The first-order valence-corrected chi connectivity index (χ1v) is 5.71. The number of carbonyl (C=O) groups excluding carboxylic acids is 1. The molecule has 1 heterocycles. The number of nitrogens with zero attached hydrogens (tertiary/aromatic N) is 1. The summed E-state index contributed by atoms with van der Waals surface area (Å²) in [6.07, 6.45) is 1.74. The Morgan fingerprint density at radius 2 is 2.00 bits per heavy atom. The van der Waals surface area contributed by atoms with Gasteiger partial charge in [-0.1, -0.05) is 0 Å². The highest BCUT2D eigenvalue weighted by Gasteiger charge is 2.38. The van der Waals surface area contributed by atoms with Crippen molar-refractivity contribution in [2.45, 2.75) is 45.6 Å². The zero-order valence-corrected chi connectivity index (χ0v) is 10.3. The molecule has 1 saturated heterocycles. The van der Waals surface area contributed by atoms with Gasteiger partial charge in [-0.15, -0.1) is 0 Å². The van der Waals surface area contributed by atoms with E-state index < -0.39 is 11.0 Å². The number of nitriles is 1. The van der Waals surface area contributed by atoms with Gasteiger partial charge in [-0.25, -0.2) is 0 Å². The molecule has 0 unspecified atom stereocenters. The molecular weight excluding hydrogens is 204 g/mol. The molecule has 0 bridgehead atoms. The summed E-state index contributed by atoms with van der Waals surface area (Å²) >= 11 is 0. The maximum absolute atomic E-state index is 11.9. The van der Waals surface area contributed by atoms with Crippen LogP contribution in [0.2, 0.25) is 0 Å². The van der Waals surface area contributed by atoms with E-state index in [4.69, 9.17) is 10.00 Å². The van der Waals surface area contributed by atoms with Crippen LogP contribution in [0.3, 0.4) is 0 Å². The van der Waals surface area contributed by atoms with Crippen LogP contribution in [-0.4, -0.2) is 24.7 Å². The average molecular weight is 224 g/mol. The molecule has 0 atom stereocenters. The molecule has 4 heteroatoms. The maximum Gasteiger partial charge on any atom is 0.311 e. The first kappa shape index (κ1) is 13.0. The molecule has 0 aromatic rings. The molecule has 1 aliphatic heterocycles. The smallest absolute Gasteiger partial charge is 0.311 e. The molecule has 16 heavy (non-hydrogen) atoms. The van der Waals surface area contributed by atoms with Gasteiger partial charge in [-0.3, -0.25) is 4.79 Å². The first-order valence-electron chi connectivity index (χ1n) is 5.71. The van der Waals surface area contributed by atoms with Crippen LogP contribution in [-0.2, 0) is 9.53 Å². The standard InChI is InChI=1S/C12H20N2O2/c1-11(2,3)10(15)16-12(4-7-13)5-8-14-9-6-12/h14H,4-6,8-9H2,1-3H3. The second-order valence-electron chi connectivity index (χ2n) is 5.41. The number of esters is 1. The molecule has 0 saturated carbocycles. The fourth-order valence-electron chi connectivity index (χ4n) is 1.69. The number of rotatable bonds is 2. The molecule has 0 aliphatic carbocycles. The number of piperidine rings is 1. The van der Waals surface area contributed by atoms with Gasteiger partial charge >= 0.3 is 5.97 Å². The predicted molar refractivity (Wildman–Crippen MR) is 60.6 cm³/mol. The second-order valence-corrected chi connectivity index (χ2v) is 5.41. The van der Waals surface area contributed by atoms with Gasteiger partial charge < -0.3 is 10.1 Å². The van der Waals surface area contributed by atoms with Gasteiger partial charge in [0.2, 0.25) is 0 Å². The highest BCUT2D eigenvalue weighted by molar-refractivity contribution is 5.75. The predicted octanol–water partition coefficient (Wildman–Crippen LogP) is 1.61. The molecule has 1 N–H and O–H groups in total. The van der Waals surface area contributed by atoms with Crippen molar-refractivity contribution in [3.05, 3.63) is 0 Å². The van der Waals surface area contributed by atoms with E-state index >= 15 is 0 Å². The summed E-state index contributed by atoms with van der Waals surface area (Å²) in [6.45, 7) is 7.10. The fraction of sp³-hybridized carbons (Fsp3) is 0.833. The molecular formula is C12H20N2O2. The largest absolute Gasteiger partial charge is 0.457 e. The van der Waals surface area contributed by atoms with E-state index in [1.165, 1.54) is 0 Å². The number of nitrogens with one attached hydrogen (secondary N) is 1. The molecule has 1 aliphatic rings. The fourth-order valence-corrected chi connectivity index (χ4v) is 1.69.